The van der Waals surface area contributed by atoms with Crippen LogP contribution in [0.5, 0.6) is 11.5 Å². The van der Waals surface area contributed by atoms with Gasteiger partial charge in [0, 0.05) is 17.5 Å². The Hall–Kier alpha value is -2.00. The predicted molar refractivity (Wildman–Crippen MR) is 83.7 cm³/mol. The molecule has 2 aromatic rings. The minimum Gasteiger partial charge on any atom is -0.497 e. The van der Waals surface area contributed by atoms with Crippen molar-refractivity contribution in [3.63, 3.8) is 0 Å². The van der Waals surface area contributed by atoms with Gasteiger partial charge in [-0.05, 0) is 18.6 Å². The second kappa shape index (κ2) is 7.70. The van der Waals surface area contributed by atoms with E-state index in [-0.39, 0.29) is 5.78 Å². The summed E-state index contributed by atoms with van der Waals surface area (Å²) in [6, 6.07) is 14.3. The van der Waals surface area contributed by atoms with Crippen LogP contribution in [0.15, 0.2) is 48.5 Å². The van der Waals surface area contributed by atoms with Gasteiger partial charge in [0.25, 0.3) is 0 Å². The molecular weight excluding hydrogens is 288 g/mol. The van der Waals surface area contributed by atoms with E-state index in [2.05, 4.69) is 0 Å². The summed E-state index contributed by atoms with van der Waals surface area (Å²) in [5.41, 5.74) is 1.15. The summed E-state index contributed by atoms with van der Waals surface area (Å²) in [6.07, 6.45) is 0.720. The Kier molecular flexibility index (Phi) is 5.64. The molecular formula is C17H17ClO3. The van der Waals surface area contributed by atoms with Crippen LogP contribution in [0.4, 0.5) is 0 Å². The number of halogens is 1. The molecule has 3 nitrogen and oxygen atoms in total. The second-order valence-electron chi connectivity index (χ2n) is 4.45. The van der Waals surface area contributed by atoms with Gasteiger partial charge in [0.1, 0.15) is 11.5 Å². The van der Waals surface area contributed by atoms with Gasteiger partial charge in [-0.25, -0.2) is 0 Å². The Bertz CT molecular complexity index is 596. The quantitative estimate of drug-likeness (QED) is 0.441. The molecule has 0 aliphatic rings. The van der Waals surface area contributed by atoms with E-state index in [9.17, 15) is 4.79 Å². The number of hydrogen-bond donors (Lipinski definition) is 0. The molecule has 0 spiro atoms. The normalized spacial score (nSPS) is 10.2. The van der Waals surface area contributed by atoms with E-state index < -0.39 is 0 Å². The molecule has 0 amide bonds. The number of alkyl halides is 1. The molecule has 0 aromatic heterocycles. The molecule has 0 atom stereocenters. The zero-order valence-electron chi connectivity index (χ0n) is 11.8. The van der Waals surface area contributed by atoms with Crippen molar-refractivity contribution < 1.29 is 14.3 Å². The number of ketones is 1. The Labute approximate surface area is 129 Å². The first-order valence-corrected chi connectivity index (χ1v) is 7.26. The van der Waals surface area contributed by atoms with Crippen LogP contribution in [0.3, 0.4) is 0 Å². The summed E-state index contributed by atoms with van der Waals surface area (Å²) < 4.78 is 10.9. The molecule has 0 heterocycles. The van der Waals surface area contributed by atoms with Gasteiger partial charge in [-0.15, -0.1) is 11.6 Å². The van der Waals surface area contributed by atoms with Crippen molar-refractivity contribution in [2.75, 3.05) is 19.6 Å². The number of methoxy groups -OCH3 is 1. The zero-order chi connectivity index (χ0) is 15.1. The van der Waals surface area contributed by atoms with Crippen molar-refractivity contribution in [3.05, 3.63) is 59.7 Å². The van der Waals surface area contributed by atoms with Gasteiger partial charge in [0.2, 0.25) is 0 Å². The predicted octanol–water partition coefficient (Wildman–Crippen LogP) is 3.93. The molecule has 2 rings (SSSR count). The molecule has 2 aromatic carbocycles. The third-order valence-corrected chi connectivity index (χ3v) is 3.27. The number of ether oxygens (including phenoxy) is 2. The number of carbonyl (C=O) groups excluding carboxylic acids is 1. The van der Waals surface area contributed by atoms with E-state index in [4.69, 9.17) is 21.1 Å². The summed E-state index contributed by atoms with van der Waals surface area (Å²) in [7, 11) is 1.58. The number of benzene rings is 2. The number of rotatable bonds is 7. The lowest BCUT2D eigenvalue weighted by atomic mass is 10.0. The Morgan fingerprint density at radius 1 is 1.14 bits per heavy atom. The standard InChI is InChI=1S/C17H17ClO3/c1-20-14-8-9-15(16(12-14)21-11-5-10-18)17(19)13-6-3-2-4-7-13/h2-4,6-9,12H,5,10-11H2,1H3. The van der Waals surface area contributed by atoms with Gasteiger partial charge in [-0.1, -0.05) is 30.3 Å². The van der Waals surface area contributed by atoms with Crippen molar-refractivity contribution in [2.24, 2.45) is 0 Å². The van der Waals surface area contributed by atoms with Gasteiger partial charge in [-0.2, -0.15) is 0 Å². The highest BCUT2D eigenvalue weighted by Gasteiger charge is 2.15. The van der Waals surface area contributed by atoms with Crippen LogP contribution in [0, 0.1) is 0 Å². The summed E-state index contributed by atoms with van der Waals surface area (Å²) in [5, 5.41) is 0. The van der Waals surface area contributed by atoms with Gasteiger partial charge in [0.15, 0.2) is 5.78 Å². The smallest absolute Gasteiger partial charge is 0.196 e. The fourth-order valence-corrected chi connectivity index (χ4v) is 2.03. The number of carbonyl (C=O) groups is 1. The summed E-state index contributed by atoms with van der Waals surface area (Å²) in [4.78, 5) is 12.6. The van der Waals surface area contributed by atoms with Crippen molar-refractivity contribution in [2.45, 2.75) is 6.42 Å². The maximum atomic E-state index is 12.6. The lowest BCUT2D eigenvalue weighted by molar-refractivity contribution is 0.103. The fraction of sp³-hybridized carbons (Fsp3) is 0.235. The lowest BCUT2D eigenvalue weighted by Gasteiger charge is -2.12. The molecule has 0 aliphatic carbocycles. The molecule has 0 fully saturated rings. The molecule has 0 radical (unpaired) electrons. The lowest BCUT2D eigenvalue weighted by Crippen LogP contribution is -2.07. The van der Waals surface area contributed by atoms with Crippen molar-refractivity contribution in [1.82, 2.24) is 0 Å². The SMILES string of the molecule is COc1ccc(C(=O)c2ccccc2)c(OCCCCl)c1. The maximum Gasteiger partial charge on any atom is 0.196 e. The van der Waals surface area contributed by atoms with Crippen molar-refractivity contribution in [1.29, 1.82) is 0 Å². The van der Waals surface area contributed by atoms with Gasteiger partial charge >= 0.3 is 0 Å². The first-order chi connectivity index (χ1) is 10.3. The van der Waals surface area contributed by atoms with Crippen molar-refractivity contribution >= 4 is 17.4 Å². The van der Waals surface area contributed by atoms with Crippen LogP contribution in [0.2, 0.25) is 0 Å². The molecule has 0 unspecified atom stereocenters. The third kappa shape index (κ3) is 3.99. The van der Waals surface area contributed by atoms with E-state index in [1.807, 2.05) is 18.2 Å². The zero-order valence-corrected chi connectivity index (χ0v) is 12.6. The largest absolute Gasteiger partial charge is 0.497 e. The van der Waals surface area contributed by atoms with E-state index in [1.165, 1.54) is 0 Å². The highest BCUT2D eigenvalue weighted by molar-refractivity contribution is 6.17. The summed E-state index contributed by atoms with van der Waals surface area (Å²) >= 11 is 5.65. The summed E-state index contributed by atoms with van der Waals surface area (Å²) in [5.74, 6) is 1.62. The molecule has 4 heteroatoms. The molecule has 0 saturated heterocycles. The van der Waals surface area contributed by atoms with Gasteiger partial charge < -0.3 is 9.47 Å². The topological polar surface area (TPSA) is 35.5 Å². The molecule has 110 valence electrons. The first-order valence-electron chi connectivity index (χ1n) is 6.73. The highest BCUT2D eigenvalue weighted by atomic mass is 35.5. The van der Waals surface area contributed by atoms with Crippen LogP contribution in [0.25, 0.3) is 0 Å². The van der Waals surface area contributed by atoms with Gasteiger partial charge in [-0.3, -0.25) is 4.79 Å². The fourth-order valence-electron chi connectivity index (χ4n) is 1.92. The molecule has 0 bridgehead atoms. The third-order valence-electron chi connectivity index (χ3n) is 3.00. The van der Waals surface area contributed by atoms with E-state index >= 15 is 0 Å². The Morgan fingerprint density at radius 2 is 1.90 bits per heavy atom. The summed E-state index contributed by atoms with van der Waals surface area (Å²) in [6.45, 7) is 0.464. The Balaban J connectivity index is 2.30. The second-order valence-corrected chi connectivity index (χ2v) is 4.83. The Morgan fingerprint density at radius 3 is 2.57 bits per heavy atom. The van der Waals surface area contributed by atoms with Crippen LogP contribution < -0.4 is 9.47 Å². The highest BCUT2D eigenvalue weighted by Crippen LogP contribution is 2.27. The molecule has 0 N–H and O–H groups in total. The van der Waals surface area contributed by atoms with E-state index in [0.717, 1.165) is 6.42 Å². The van der Waals surface area contributed by atoms with Gasteiger partial charge in [0.05, 0.1) is 19.3 Å². The average Bonchev–Trinajstić information content (AvgIpc) is 2.55. The monoisotopic (exact) mass is 304 g/mol. The minimum atomic E-state index is -0.0703. The molecule has 21 heavy (non-hydrogen) atoms. The average molecular weight is 305 g/mol. The molecule has 0 aliphatic heterocycles. The maximum absolute atomic E-state index is 12.6. The van der Waals surface area contributed by atoms with Crippen LogP contribution in [-0.2, 0) is 0 Å². The van der Waals surface area contributed by atoms with Crippen LogP contribution in [0.1, 0.15) is 22.3 Å². The van der Waals surface area contributed by atoms with Crippen LogP contribution in [-0.4, -0.2) is 25.4 Å². The van der Waals surface area contributed by atoms with E-state index in [0.29, 0.717) is 35.1 Å². The van der Waals surface area contributed by atoms with Crippen LogP contribution >= 0.6 is 11.6 Å². The molecule has 0 saturated carbocycles. The van der Waals surface area contributed by atoms with E-state index in [1.54, 1.807) is 37.4 Å². The first kappa shape index (κ1) is 15.4. The minimum absolute atomic E-state index is 0.0703. The number of hydrogen-bond acceptors (Lipinski definition) is 3. The van der Waals surface area contributed by atoms with Crippen molar-refractivity contribution in [3.8, 4) is 11.5 Å².